The lowest BCUT2D eigenvalue weighted by molar-refractivity contribution is 0.0603. The Balaban J connectivity index is 2.07. The standard InChI is InChI=1S/C21H18N4O3/c1-13-19-15(21(26)28-3)12-16(14-8-4-5-9-17(14)27-2)23-20(19)25(24-13)18-10-6-7-11-22-18/h4-12H,1-3H3. The van der Waals surface area contributed by atoms with E-state index < -0.39 is 5.97 Å². The fraction of sp³-hybridized carbons (Fsp3) is 0.143. The minimum absolute atomic E-state index is 0.396. The normalized spacial score (nSPS) is 10.8. The Hall–Kier alpha value is -3.74. The van der Waals surface area contributed by atoms with Crippen LogP contribution in [0, 0.1) is 6.92 Å². The number of hydrogen-bond acceptors (Lipinski definition) is 6. The zero-order chi connectivity index (χ0) is 19.7. The number of pyridine rings is 2. The van der Waals surface area contributed by atoms with Crippen LogP contribution >= 0.6 is 0 Å². The van der Waals surface area contributed by atoms with Crippen LogP contribution in [0.3, 0.4) is 0 Å². The summed E-state index contributed by atoms with van der Waals surface area (Å²) < 4.78 is 12.1. The Morgan fingerprint density at radius 3 is 2.57 bits per heavy atom. The maximum atomic E-state index is 12.5. The van der Waals surface area contributed by atoms with Crippen molar-refractivity contribution in [2.45, 2.75) is 6.92 Å². The fourth-order valence-corrected chi connectivity index (χ4v) is 3.19. The van der Waals surface area contributed by atoms with Crippen molar-refractivity contribution in [3.05, 3.63) is 66.0 Å². The number of ether oxygens (including phenoxy) is 2. The predicted octanol–water partition coefficient (Wildman–Crippen LogP) is 3.59. The molecule has 0 saturated heterocycles. The van der Waals surface area contributed by atoms with Crippen molar-refractivity contribution in [1.82, 2.24) is 19.7 Å². The molecule has 0 amide bonds. The van der Waals surface area contributed by atoms with Crippen LogP contribution in [0.1, 0.15) is 16.1 Å². The zero-order valence-corrected chi connectivity index (χ0v) is 15.7. The second kappa shape index (κ2) is 7.11. The summed E-state index contributed by atoms with van der Waals surface area (Å²) in [5.41, 5.74) is 2.94. The van der Waals surface area contributed by atoms with Gasteiger partial charge in [-0.15, -0.1) is 0 Å². The van der Waals surface area contributed by atoms with Crippen molar-refractivity contribution < 1.29 is 14.3 Å². The lowest BCUT2D eigenvalue weighted by atomic mass is 10.0. The van der Waals surface area contributed by atoms with Crippen LogP contribution in [-0.2, 0) is 4.74 Å². The highest BCUT2D eigenvalue weighted by Crippen LogP contribution is 2.33. The van der Waals surface area contributed by atoms with Crippen LogP contribution in [0.15, 0.2) is 54.7 Å². The first-order valence-corrected chi connectivity index (χ1v) is 8.67. The van der Waals surface area contributed by atoms with Gasteiger partial charge in [-0.3, -0.25) is 0 Å². The minimum atomic E-state index is -0.452. The van der Waals surface area contributed by atoms with Gasteiger partial charge in [-0.05, 0) is 37.3 Å². The van der Waals surface area contributed by atoms with Crippen LogP contribution in [0.4, 0.5) is 0 Å². The van der Waals surface area contributed by atoms with Crippen LogP contribution in [0.25, 0.3) is 28.1 Å². The van der Waals surface area contributed by atoms with Gasteiger partial charge in [0.15, 0.2) is 11.5 Å². The molecule has 0 N–H and O–H groups in total. The van der Waals surface area contributed by atoms with Crippen molar-refractivity contribution >= 4 is 17.0 Å². The van der Waals surface area contributed by atoms with Crippen LogP contribution in [0.2, 0.25) is 0 Å². The Morgan fingerprint density at radius 2 is 1.86 bits per heavy atom. The van der Waals surface area contributed by atoms with Gasteiger partial charge in [0, 0.05) is 11.8 Å². The van der Waals surface area contributed by atoms with Gasteiger partial charge in [0.2, 0.25) is 0 Å². The highest BCUT2D eigenvalue weighted by molar-refractivity contribution is 6.05. The highest BCUT2D eigenvalue weighted by atomic mass is 16.5. The van der Waals surface area contributed by atoms with E-state index in [1.54, 1.807) is 24.1 Å². The summed E-state index contributed by atoms with van der Waals surface area (Å²) in [6, 6.07) is 14.8. The van der Waals surface area contributed by atoms with E-state index in [4.69, 9.17) is 14.5 Å². The Morgan fingerprint density at radius 1 is 1.07 bits per heavy atom. The monoisotopic (exact) mass is 374 g/mol. The molecule has 1 aromatic carbocycles. The number of hydrogen-bond donors (Lipinski definition) is 0. The highest BCUT2D eigenvalue weighted by Gasteiger charge is 2.22. The number of rotatable bonds is 4. The number of esters is 1. The summed E-state index contributed by atoms with van der Waals surface area (Å²) >= 11 is 0. The molecule has 28 heavy (non-hydrogen) atoms. The molecule has 3 aromatic heterocycles. The number of fused-ring (bicyclic) bond motifs is 1. The van der Waals surface area contributed by atoms with Crippen molar-refractivity contribution in [2.75, 3.05) is 14.2 Å². The van der Waals surface area contributed by atoms with Gasteiger partial charge in [-0.1, -0.05) is 18.2 Å². The summed E-state index contributed by atoms with van der Waals surface area (Å²) in [4.78, 5) is 21.7. The van der Waals surface area contributed by atoms with E-state index in [2.05, 4.69) is 10.1 Å². The number of nitrogens with zero attached hydrogens (tertiary/aromatic N) is 4. The lowest BCUT2D eigenvalue weighted by Crippen LogP contribution is -2.05. The van der Waals surface area contributed by atoms with Crippen LogP contribution < -0.4 is 4.74 Å². The molecule has 0 spiro atoms. The second-order valence-electron chi connectivity index (χ2n) is 6.13. The van der Waals surface area contributed by atoms with Gasteiger partial charge in [0.1, 0.15) is 5.75 Å². The van der Waals surface area contributed by atoms with Gasteiger partial charge in [0.05, 0.1) is 36.6 Å². The topological polar surface area (TPSA) is 79.1 Å². The molecule has 3 heterocycles. The summed E-state index contributed by atoms with van der Waals surface area (Å²) in [6.07, 6.45) is 1.68. The SMILES string of the molecule is COC(=O)c1cc(-c2ccccc2OC)nc2c1c(C)nn2-c1ccccn1. The van der Waals surface area contributed by atoms with E-state index in [0.29, 0.717) is 39.6 Å². The fourth-order valence-electron chi connectivity index (χ4n) is 3.19. The third kappa shape index (κ3) is 2.87. The van der Waals surface area contributed by atoms with Gasteiger partial charge >= 0.3 is 5.97 Å². The molecule has 0 fully saturated rings. The van der Waals surface area contributed by atoms with Crippen LogP contribution in [0.5, 0.6) is 5.75 Å². The molecule has 0 saturated carbocycles. The van der Waals surface area contributed by atoms with Crippen molar-refractivity contribution in [2.24, 2.45) is 0 Å². The van der Waals surface area contributed by atoms with Gasteiger partial charge in [-0.25, -0.2) is 14.8 Å². The summed E-state index contributed by atoms with van der Waals surface area (Å²) in [5.74, 6) is 0.819. The molecular formula is C21H18N4O3. The van der Waals surface area contributed by atoms with Crippen molar-refractivity contribution in [3.8, 4) is 22.8 Å². The molecular weight excluding hydrogens is 356 g/mol. The van der Waals surface area contributed by atoms with Crippen molar-refractivity contribution in [1.29, 1.82) is 0 Å². The summed E-state index contributed by atoms with van der Waals surface area (Å²) in [7, 11) is 2.96. The Kier molecular flexibility index (Phi) is 4.49. The average Bonchev–Trinajstić information content (AvgIpc) is 3.09. The predicted molar refractivity (Wildman–Crippen MR) is 105 cm³/mol. The number of benzene rings is 1. The molecule has 4 aromatic rings. The molecule has 0 atom stereocenters. The van der Waals surface area contributed by atoms with E-state index >= 15 is 0 Å². The number of aryl methyl sites for hydroxylation is 1. The Labute approximate surface area is 161 Å². The first-order chi connectivity index (χ1) is 13.6. The third-order valence-corrected chi connectivity index (χ3v) is 4.47. The largest absolute Gasteiger partial charge is 0.496 e. The van der Waals surface area contributed by atoms with E-state index in [0.717, 1.165) is 5.56 Å². The molecule has 0 aliphatic heterocycles. The second-order valence-corrected chi connectivity index (χ2v) is 6.13. The third-order valence-electron chi connectivity index (χ3n) is 4.47. The van der Waals surface area contributed by atoms with Crippen molar-refractivity contribution in [3.63, 3.8) is 0 Å². The number of carbonyl (C=O) groups excluding carboxylic acids is 1. The number of aromatic nitrogens is 4. The van der Waals surface area contributed by atoms with E-state index in [1.165, 1.54) is 7.11 Å². The molecule has 0 aliphatic rings. The maximum Gasteiger partial charge on any atom is 0.338 e. The van der Waals surface area contributed by atoms with Gasteiger partial charge in [0.25, 0.3) is 0 Å². The molecule has 0 aliphatic carbocycles. The van der Waals surface area contributed by atoms with E-state index in [1.807, 2.05) is 49.4 Å². The molecule has 0 bridgehead atoms. The van der Waals surface area contributed by atoms with E-state index in [9.17, 15) is 4.79 Å². The molecule has 7 heteroatoms. The van der Waals surface area contributed by atoms with Crippen LogP contribution in [-0.4, -0.2) is 39.9 Å². The lowest BCUT2D eigenvalue weighted by Gasteiger charge is -2.10. The quantitative estimate of drug-likeness (QED) is 0.508. The number of carbonyl (C=O) groups is 1. The maximum absolute atomic E-state index is 12.5. The molecule has 4 rings (SSSR count). The number of methoxy groups -OCH3 is 2. The molecule has 0 radical (unpaired) electrons. The first kappa shape index (κ1) is 17.7. The Bertz CT molecular complexity index is 1170. The zero-order valence-electron chi connectivity index (χ0n) is 15.7. The molecule has 0 unspecified atom stereocenters. The van der Waals surface area contributed by atoms with Gasteiger partial charge < -0.3 is 9.47 Å². The first-order valence-electron chi connectivity index (χ1n) is 8.67. The average molecular weight is 374 g/mol. The molecule has 7 nitrogen and oxygen atoms in total. The summed E-state index contributed by atoms with van der Waals surface area (Å²) in [5, 5.41) is 5.20. The summed E-state index contributed by atoms with van der Waals surface area (Å²) in [6.45, 7) is 1.83. The smallest absolute Gasteiger partial charge is 0.338 e. The number of para-hydroxylation sites is 1. The molecule has 140 valence electrons. The minimum Gasteiger partial charge on any atom is -0.496 e. The van der Waals surface area contributed by atoms with E-state index in [-0.39, 0.29) is 0 Å². The van der Waals surface area contributed by atoms with Gasteiger partial charge in [-0.2, -0.15) is 9.78 Å².